The van der Waals surface area contributed by atoms with Gasteiger partial charge in [-0.2, -0.15) is 5.10 Å². The van der Waals surface area contributed by atoms with E-state index < -0.39 is 0 Å². The third-order valence-corrected chi connectivity index (χ3v) is 0.406. The fourth-order valence-corrected chi connectivity index (χ4v) is 0.215. The van der Waals surface area contributed by atoms with Crippen molar-refractivity contribution in [2.24, 2.45) is 0 Å². The van der Waals surface area contributed by atoms with E-state index in [1.54, 1.807) is 12.4 Å². The van der Waals surface area contributed by atoms with Gasteiger partial charge in [-0.15, -0.1) is 0 Å². The monoisotopic (exact) mass is 300 g/mol. The normalized spacial score (nSPS) is 3.12. The van der Waals surface area contributed by atoms with Gasteiger partial charge >= 0.3 is 19.5 Å². The third-order valence-electron chi connectivity index (χ3n) is 0.406. The quantitative estimate of drug-likeness (QED) is 0.555. The number of aromatic amines is 1. The Morgan fingerprint density at radius 1 is 0.750 bits per heavy atom. The van der Waals surface area contributed by atoms with E-state index >= 15 is 0 Å². The van der Waals surface area contributed by atoms with Crippen LogP contribution in [-0.2, 0) is 19.5 Å². The average molecular weight is 299 g/mol. The van der Waals surface area contributed by atoms with Crippen LogP contribution in [0, 0.1) is 59.2 Å². The van der Waals surface area contributed by atoms with E-state index in [2.05, 4.69) is 10.2 Å². The second kappa shape index (κ2) is 300. The Bertz CT molecular complexity index is 192. The Hall–Kier alpha value is -2.72. The first kappa shape index (κ1) is 37.8. The van der Waals surface area contributed by atoms with Crippen LogP contribution in [-0.4, -0.2) is 10.2 Å². The summed E-state index contributed by atoms with van der Waals surface area (Å²) in [5, 5.41) is 37.5. The van der Waals surface area contributed by atoms with Crippen molar-refractivity contribution in [2.75, 3.05) is 0 Å². The van der Waals surface area contributed by atoms with Crippen molar-refractivity contribution >= 4 is 0 Å². The first-order valence-corrected chi connectivity index (χ1v) is 2.56. The van der Waals surface area contributed by atoms with Crippen LogP contribution in [0.4, 0.5) is 0 Å². The predicted molar refractivity (Wildman–Crippen MR) is 43.4 cm³/mol. The van der Waals surface area contributed by atoms with Gasteiger partial charge in [-0.3, -0.25) is 5.10 Å². The Balaban J connectivity index is -0.0000000203. The van der Waals surface area contributed by atoms with Gasteiger partial charge in [0.2, 0.25) is 0 Å². The summed E-state index contributed by atoms with van der Waals surface area (Å²) < 4.78 is 0. The minimum absolute atomic E-state index is 0. The zero-order valence-electron chi connectivity index (χ0n) is 7.77. The smallest absolute Gasteiger partial charge is 0.512 e. The van der Waals surface area contributed by atoms with Crippen LogP contribution in [0.25, 0.3) is 0 Å². The standard InChI is InChI=1S/C3H4N2.5CN.Ru/c1-2-4-5-3-1;5*1-2;/h1-3H,(H,4,5);;;;;;/q;5*-1;+3. The second-order valence-corrected chi connectivity index (χ2v) is 0.766. The van der Waals surface area contributed by atoms with Gasteiger partial charge < -0.3 is 59.2 Å². The Kier molecular flexibility index (Phi) is 708. The van der Waals surface area contributed by atoms with Gasteiger partial charge in [0, 0.05) is 12.4 Å². The molecule has 1 aromatic rings. The van der Waals surface area contributed by atoms with Crippen LogP contribution < -0.4 is 0 Å². The first-order valence-electron chi connectivity index (χ1n) is 2.56. The molecule has 8 heteroatoms. The second-order valence-electron chi connectivity index (χ2n) is 0.766. The van der Waals surface area contributed by atoms with Crippen LogP contribution in [0.2, 0.25) is 0 Å². The Morgan fingerprint density at radius 3 is 1.12 bits per heavy atom. The Labute approximate surface area is 108 Å². The van der Waals surface area contributed by atoms with Crippen molar-refractivity contribution in [2.45, 2.75) is 0 Å². The molecule has 0 aliphatic heterocycles. The fraction of sp³-hybridized carbons (Fsp3) is 0. The minimum Gasteiger partial charge on any atom is -0.512 e. The van der Waals surface area contributed by atoms with Gasteiger partial charge in [-0.05, 0) is 6.07 Å². The molecule has 0 amide bonds. The molecule has 0 aromatic carbocycles. The summed E-state index contributed by atoms with van der Waals surface area (Å²) >= 11 is 0. The maximum absolute atomic E-state index is 6.25. The number of rotatable bonds is 0. The molecule has 7 nitrogen and oxygen atoms in total. The van der Waals surface area contributed by atoms with Gasteiger partial charge in [0.05, 0.1) is 0 Å². The molecule has 1 radical (unpaired) electrons. The molecule has 1 heterocycles. The molecule has 0 fully saturated rings. The first-order chi connectivity index (χ1) is 7.50. The molecule has 0 saturated heterocycles. The number of nitrogens with zero attached hydrogens (tertiary/aromatic N) is 6. The van der Waals surface area contributed by atoms with Gasteiger partial charge in [0.1, 0.15) is 0 Å². The maximum atomic E-state index is 6.25. The topological polar surface area (TPSA) is 148 Å². The molecule has 1 rings (SSSR count). The molecular formula is C8H4N7Ru-2. The van der Waals surface area contributed by atoms with E-state index in [0.29, 0.717) is 0 Å². The van der Waals surface area contributed by atoms with Crippen LogP contribution in [0.3, 0.4) is 0 Å². The average Bonchev–Trinajstić information content (AvgIpc) is 3.00. The number of H-pyrrole nitrogens is 1. The van der Waals surface area contributed by atoms with Crippen molar-refractivity contribution < 1.29 is 19.5 Å². The molecule has 0 spiro atoms. The molecule has 0 saturated carbocycles. The van der Waals surface area contributed by atoms with Crippen molar-refractivity contribution in [3.63, 3.8) is 0 Å². The molecular weight excluding hydrogens is 295 g/mol. The predicted octanol–water partition coefficient (Wildman–Crippen LogP) is 0.889. The summed E-state index contributed by atoms with van der Waals surface area (Å²) in [5.74, 6) is 0. The van der Waals surface area contributed by atoms with Gasteiger partial charge in [0.25, 0.3) is 0 Å². The van der Waals surface area contributed by atoms with E-state index in [9.17, 15) is 0 Å². The van der Waals surface area contributed by atoms with Gasteiger partial charge in [0.15, 0.2) is 0 Å². The number of hydrogen-bond acceptors (Lipinski definition) is 6. The van der Waals surface area contributed by atoms with Crippen LogP contribution in [0.5, 0.6) is 0 Å². The van der Waals surface area contributed by atoms with Crippen molar-refractivity contribution in [3.8, 4) is 0 Å². The van der Waals surface area contributed by atoms with Gasteiger partial charge in [-0.25, -0.2) is 0 Å². The molecule has 0 atom stereocenters. The fourth-order valence-electron chi connectivity index (χ4n) is 0.215. The van der Waals surface area contributed by atoms with Crippen LogP contribution in [0.15, 0.2) is 18.5 Å². The number of aromatic nitrogens is 2. The molecule has 1 aromatic heterocycles. The summed E-state index contributed by atoms with van der Waals surface area (Å²) in [6.45, 7) is 23.8. The maximum Gasteiger partial charge on any atom is 3.00 e. The van der Waals surface area contributed by atoms with Crippen LogP contribution in [0.1, 0.15) is 0 Å². The van der Waals surface area contributed by atoms with E-state index in [-0.39, 0.29) is 19.5 Å². The molecule has 0 aliphatic rings. The minimum atomic E-state index is 0. The molecule has 16 heavy (non-hydrogen) atoms. The summed E-state index contributed by atoms with van der Waals surface area (Å²) in [6.07, 6.45) is 3.46. The van der Waals surface area contributed by atoms with Crippen molar-refractivity contribution in [1.82, 2.24) is 10.2 Å². The summed E-state index contributed by atoms with van der Waals surface area (Å²) in [7, 11) is 0. The summed E-state index contributed by atoms with van der Waals surface area (Å²) in [5.41, 5.74) is 0. The largest absolute Gasteiger partial charge is 3.00 e. The molecule has 81 valence electrons. The molecule has 0 aliphatic carbocycles. The van der Waals surface area contributed by atoms with E-state index in [1.165, 1.54) is 0 Å². The number of hydrogen-bond donors (Lipinski definition) is 1. The molecule has 0 unspecified atom stereocenters. The molecule has 1 N–H and O–H groups in total. The molecule has 0 bridgehead atoms. The third kappa shape index (κ3) is 229. The van der Waals surface area contributed by atoms with E-state index in [4.69, 9.17) is 59.2 Å². The summed E-state index contributed by atoms with van der Waals surface area (Å²) in [4.78, 5) is 0. The number of nitrogens with one attached hydrogen (secondary N) is 1. The van der Waals surface area contributed by atoms with Crippen LogP contribution >= 0.6 is 0 Å². The zero-order chi connectivity index (χ0) is 13.5. The van der Waals surface area contributed by atoms with Gasteiger partial charge in [-0.1, -0.05) is 0 Å². The van der Waals surface area contributed by atoms with Crippen molar-refractivity contribution in [3.05, 3.63) is 51.3 Å². The van der Waals surface area contributed by atoms with E-state index in [0.717, 1.165) is 0 Å². The Morgan fingerprint density at radius 2 is 1.06 bits per heavy atom. The van der Waals surface area contributed by atoms with E-state index in [1.807, 2.05) is 6.07 Å². The summed E-state index contributed by atoms with van der Waals surface area (Å²) in [6, 6.07) is 1.83. The van der Waals surface area contributed by atoms with Crippen molar-refractivity contribution in [1.29, 1.82) is 26.3 Å². The zero-order valence-corrected chi connectivity index (χ0v) is 9.51. The SMILES string of the molecule is [C-]#N.[C-]#N.[C-]#N.[C-]#N.[C-]#N.[Ru+3].c1cn[nH]c1.